The van der Waals surface area contributed by atoms with E-state index in [0.29, 0.717) is 0 Å². The third kappa shape index (κ3) is 3.70. The lowest BCUT2D eigenvalue weighted by atomic mass is 10.00. The predicted octanol–water partition coefficient (Wildman–Crippen LogP) is 3.43. The lowest BCUT2D eigenvalue weighted by Crippen LogP contribution is -2.45. The molecule has 1 aromatic carbocycles. The van der Waals surface area contributed by atoms with E-state index in [1.54, 1.807) is 11.8 Å². The number of carbonyl (C=O) groups is 1. The Morgan fingerprint density at radius 3 is 2.50 bits per heavy atom. The molecule has 0 N–H and O–H groups in total. The Kier molecular flexibility index (Phi) is 6.01. The van der Waals surface area contributed by atoms with Gasteiger partial charge in [-0.05, 0) is 50.6 Å². The first kappa shape index (κ1) is 19.5. The van der Waals surface area contributed by atoms with Crippen LogP contribution in [0, 0.1) is 0 Å². The zero-order chi connectivity index (χ0) is 19.5. The van der Waals surface area contributed by atoms with Crippen molar-refractivity contribution in [2.24, 2.45) is 7.05 Å². The van der Waals surface area contributed by atoms with Gasteiger partial charge in [-0.2, -0.15) is 0 Å². The molecule has 0 saturated carbocycles. The van der Waals surface area contributed by atoms with Crippen molar-refractivity contribution in [2.75, 3.05) is 25.9 Å². The molecule has 150 valence electrons. The van der Waals surface area contributed by atoms with Crippen molar-refractivity contribution in [1.82, 2.24) is 24.6 Å². The van der Waals surface area contributed by atoms with E-state index in [0.717, 1.165) is 49.0 Å². The maximum Gasteiger partial charge on any atom is 0.245 e. The van der Waals surface area contributed by atoms with Crippen molar-refractivity contribution < 1.29 is 4.79 Å². The maximum atomic E-state index is 13.8. The summed E-state index contributed by atoms with van der Waals surface area (Å²) < 4.78 is 2.04. The van der Waals surface area contributed by atoms with Gasteiger partial charge in [0.05, 0.1) is 6.04 Å². The highest BCUT2D eigenvalue weighted by Gasteiger charge is 2.39. The Balaban J connectivity index is 1.64. The monoisotopic (exact) mass is 399 g/mol. The normalized spacial score (nSPS) is 21.8. The van der Waals surface area contributed by atoms with Crippen molar-refractivity contribution >= 4 is 17.7 Å². The van der Waals surface area contributed by atoms with Crippen LogP contribution in [-0.2, 0) is 11.8 Å². The molecule has 2 aliphatic heterocycles. The average Bonchev–Trinajstić information content (AvgIpc) is 3.36. The van der Waals surface area contributed by atoms with Crippen molar-refractivity contribution in [3.63, 3.8) is 0 Å². The number of benzene rings is 1. The van der Waals surface area contributed by atoms with Crippen LogP contribution in [0.1, 0.15) is 55.6 Å². The highest BCUT2D eigenvalue weighted by Crippen LogP contribution is 2.36. The van der Waals surface area contributed by atoms with Crippen molar-refractivity contribution in [3.8, 4) is 0 Å². The van der Waals surface area contributed by atoms with Gasteiger partial charge in [-0.3, -0.25) is 9.69 Å². The highest BCUT2D eigenvalue weighted by molar-refractivity contribution is 7.98. The molecule has 0 spiro atoms. The molecule has 28 heavy (non-hydrogen) atoms. The number of thioether (sulfide) groups is 1. The van der Waals surface area contributed by atoms with Crippen LogP contribution in [0.15, 0.2) is 35.5 Å². The van der Waals surface area contributed by atoms with E-state index in [9.17, 15) is 4.79 Å². The van der Waals surface area contributed by atoms with Crippen molar-refractivity contribution in [1.29, 1.82) is 0 Å². The van der Waals surface area contributed by atoms with E-state index < -0.39 is 0 Å². The van der Waals surface area contributed by atoms with Crippen LogP contribution in [0.5, 0.6) is 0 Å². The average molecular weight is 400 g/mol. The number of aromatic nitrogens is 3. The Hall–Kier alpha value is -1.86. The predicted molar refractivity (Wildman–Crippen MR) is 111 cm³/mol. The van der Waals surface area contributed by atoms with Crippen molar-refractivity contribution in [3.05, 3.63) is 41.7 Å². The van der Waals surface area contributed by atoms with Gasteiger partial charge in [-0.25, -0.2) is 0 Å². The molecule has 0 aliphatic carbocycles. The minimum absolute atomic E-state index is 0.0157. The first-order valence-electron chi connectivity index (χ1n) is 10.2. The Labute approximate surface area is 171 Å². The van der Waals surface area contributed by atoms with Gasteiger partial charge in [0.25, 0.3) is 0 Å². The molecule has 1 amide bonds. The molecule has 1 aromatic heterocycles. The molecular weight excluding hydrogens is 370 g/mol. The molecule has 0 unspecified atom stereocenters. The quantitative estimate of drug-likeness (QED) is 0.721. The Bertz CT molecular complexity index is 802. The smallest absolute Gasteiger partial charge is 0.245 e. The second kappa shape index (κ2) is 8.66. The largest absolute Gasteiger partial charge is 0.331 e. The molecule has 6 nitrogen and oxygen atoms in total. The van der Waals surface area contributed by atoms with Gasteiger partial charge in [0, 0.05) is 13.6 Å². The van der Waals surface area contributed by atoms with E-state index in [1.165, 1.54) is 19.3 Å². The van der Waals surface area contributed by atoms with Gasteiger partial charge >= 0.3 is 0 Å². The fourth-order valence-electron chi connectivity index (χ4n) is 4.57. The lowest BCUT2D eigenvalue weighted by Gasteiger charge is -2.37. The number of hydrogen-bond donors (Lipinski definition) is 0. The highest BCUT2D eigenvalue weighted by atomic mass is 32.2. The van der Waals surface area contributed by atoms with Crippen LogP contribution in [0.2, 0.25) is 0 Å². The molecule has 2 aromatic rings. The first-order valence-corrected chi connectivity index (χ1v) is 11.5. The summed E-state index contributed by atoms with van der Waals surface area (Å²) in [4.78, 5) is 18.3. The van der Waals surface area contributed by atoms with Crippen LogP contribution in [0.4, 0.5) is 0 Å². The SMILES string of the molecule is CSc1nnc([C@@H]2CCCN2C(=O)[C@@H](c2ccccc2)N2CCCCC2)n1C. The summed E-state index contributed by atoms with van der Waals surface area (Å²) in [6.45, 7) is 2.77. The van der Waals surface area contributed by atoms with E-state index in [1.807, 2.05) is 36.1 Å². The third-order valence-electron chi connectivity index (χ3n) is 5.99. The number of hydrogen-bond acceptors (Lipinski definition) is 5. The second-order valence-electron chi connectivity index (χ2n) is 7.70. The summed E-state index contributed by atoms with van der Waals surface area (Å²) in [6, 6.07) is 10.1. The van der Waals surface area contributed by atoms with Crippen LogP contribution < -0.4 is 0 Å². The van der Waals surface area contributed by atoms with Gasteiger partial charge in [-0.1, -0.05) is 48.5 Å². The molecule has 7 heteroatoms. The minimum atomic E-state index is -0.199. The van der Waals surface area contributed by atoms with Crippen LogP contribution >= 0.6 is 11.8 Å². The summed E-state index contributed by atoms with van der Waals surface area (Å²) in [5, 5.41) is 9.62. The minimum Gasteiger partial charge on any atom is -0.331 e. The standard InChI is InChI=1S/C21H29N5OS/c1-24-19(22-23-21(24)28-2)17-12-9-15-26(17)20(27)18(16-10-5-3-6-11-16)25-13-7-4-8-14-25/h3,5-6,10-11,17-18H,4,7-9,12-15H2,1-2H3/t17-,18+/m0/s1. The van der Waals surface area contributed by atoms with Gasteiger partial charge in [0.2, 0.25) is 5.91 Å². The number of rotatable bonds is 5. The molecule has 0 bridgehead atoms. The summed E-state index contributed by atoms with van der Waals surface area (Å²) in [5.41, 5.74) is 1.10. The topological polar surface area (TPSA) is 54.3 Å². The molecule has 2 atom stereocenters. The number of likely N-dealkylation sites (tertiary alicyclic amines) is 2. The maximum absolute atomic E-state index is 13.8. The summed E-state index contributed by atoms with van der Waals surface area (Å²) in [7, 11) is 2.00. The second-order valence-corrected chi connectivity index (χ2v) is 8.48. The fraction of sp³-hybridized carbons (Fsp3) is 0.571. The molecular formula is C21H29N5OS. The third-order valence-corrected chi connectivity index (χ3v) is 6.71. The molecule has 3 heterocycles. The van der Waals surface area contributed by atoms with Gasteiger partial charge < -0.3 is 9.47 Å². The van der Waals surface area contributed by atoms with Gasteiger partial charge in [0.15, 0.2) is 11.0 Å². The molecule has 2 fully saturated rings. The van der Waals surface area contributed by atoms with Gasteiger partial charge in [0.1, 0.15) is 6.04 Å². The Morgan fingerprint density at radius 2 is 1.82 bits per heavy atom. The number of piperidine rings is 1. The van der Waals surface area contributed by atoms with E-state index in [-0.39, 0.29) is 18.0 Å². The summed E-state index contributed by atoms with van der Waals surface area (Å²) in [5.74, 6) is 1.12. The van der Waals surface area contributed by atoms with Crippen LogP contribution in [0.25, 0.3) is 0 Å². The summed E-state index contributed by atoms with van der Waals surface area (Å²) >= 11 is 1.59. The molecule has 2 saturated heterocycles. The first-order chi connectivity index (χ1) is 13.7. The van der Waals surface area contributed by atoms with Crippen LogP contribution in [-0.4, -0.2) is 56.4 Å². The van der Waals surface area contributed by atoms with Crippen molar-refractivity contribution in [2.45, 2.75) is 49.3 Å². The number of amides is 1. The van der Waals surface area contributed by atoms with Crippen LogP contribution in [0.3, 0.4) is 0 Å². The number of carbonyl (C=O) groups excluding carboxylic acids is 1. The molecule has 0 radical (unpaired) electrons. The molecule has 4 rings (SSSR count). The fourth-order valence-corrected chi connectivity index (χ4v) is 5.06. The van der Waals surface area contributed by atoms with E-state index in [2.05, 4.69) is 32.1 Å². The zero-order valence-electron chi connectivity index (χ0n) is 16.8. The lowest BCUT2D eigenvalue weighted by molar-refractivity contribution is -0.139. The zero-order valence-corrected chi connectivity index (χ0v) is 17.6. The van der Waals surface area contributed by atoms with Gasteiger partial charge in [-0.15, -0.1) is 10.2 Å². The summed E-state index contributed by atoms with van der Waals surface area (Å²) in [6.07, 6.45) is 7.57. The van der Waals surface area contributed by atoms with E-state index in [4.69, 9.17) is 0 Å². The van der Waals surface area contributed by atoms with E-state index >= 15 is 0 Å². The molecule has 2 aliphatic rings. The Morgan fingerprint density at radius 1 is 1.07 bits per heavy atom. The number of nitrogens with zero attached hydrogens (tertiary/aromatic N) is 5.